The van der Waals surface area contributed by atoms with Crippen LogP contribution in [0.15, 0.2) is 41.6 Å². The van der Waals surface area contributed by atoms with Crippen molar-refractivity contribution < 1.29 is 27.5 Å². The van der Waals surface area contributed by atoms with Crippen LogP contribution < -0.4 is 10.1 Å². The second-order valence-electron chi connectivity index (χ2n) is 8.74. The molecule has 1 N–H and O–H groups in total. The highest BCUT2D eigenvalue weighted by Gasteiger charge is 2.39. The molecule has 1 fully saturated rings. The largest absolute Gasteiger partial charge is 0.483 e. The first-order valence-corrected chi connectivity index (χ1v) is 11.4. The zero-order valence-electron chi connectivity index (χ0n) is 19.9. The lowest BCUT2D eigenvalue weighted by atomic mass is 10.0. The van der Waals surface area contributed by atoms with E-state index < -0.39 is 35.6 Å². The van der Waals surface area contributed by atoms with Crippen molar-refractivity contribution in [1.82, 2.24) is 24.7 Å². The number of hydrazone groups is 1. The monoisotopic (exact) mass is 513 g/mol. The molecule has 1 aromatic carbocycles. The lowest BCUT2D eigenvalue weighted by Crippen LogP contribution is -2.58. The summed E-state index contributed by atoms with van der Waals surface area (Å²) in [5, 5.41) is 12.0. The maximum absolute atomic E-state index is 14.5. The third kappa shape index (κ3) is 4.97. The summed E-state index contributed by atoms with van der Waals surface area (Å²) in [6.07, 6.45) is 2.39. The van der Waals surface area contributed by atoms with Crippen LogP contribution >= 0.6 is 0 Å². The lowest BCUT2D eigenvalue weighted by Gasteiger charge is -2.41. The van der Waals surface area contributed by atoms with Crippen molar-refractivity contribution in [3.8, 4) is 17.1 Å². The predicted octanol–water partition coefficient (Wildman–Crippen LogP) is 3.47. The Kier molecular flexibility index (Phi) is 6.27. The fourth-order valence-corrected chi connectivity index (χ4v) is 4.24. The molecule has 0 unspecified atom stereocenters. The van der Waals surface area contributed by atoms with Crippen LogP contribution in [0.5, 0.6) is 5.75 Å². The van der Waals surface area contributed by atoms with E-state index in [2.05, 4.69) is 20.5 Å². The number of nitrogens with zero attached hydrogens (tertiary/aromatic N) is 6. The number of halogens is 3. The third-order valence-electron chi connectivity index (χ3n) is 5.97. The molecule has 0 aliphatic carbocycles. The summed E-state index contributed by atoms with van der Waals surface area (Å²) in [6.45, 7) is 1.70. The normalized spacial score (nSPS) is 17.2. The molecule has 0 radical (unpaired) electrons. The van der Waals surface area contributed by atoms with E-state index in [1.165, 1.54) is 45.9 Å². The van der Waals surface area contributed by atoms with Crippen molar-refractivity contribution in [2.75, 3.05) is 18.4 Å². The first-order valence-electron chi connectivity index (χ1n) is 11.4. The van der Waals surface area contributed by atoms with Gasteiger partial charge in [-0.25, -0.2) is 23.0 Å². The number of benzene rings is 1. The third-order valence-corrected chi connectivity index (χ3v) is 5.97. The van der Waals surface area contributed by atoms with E-state index in [1.807, 2.05) is 0 Å². The number of likely N-dealkylation sites (tertiary alicyclic amines) is 1. The van der Waals surface area contributed by atoms with E-state index in [0.29, 0.717) is 29.2 Å². The molecule has 192 valence electrons. The van der Waals surface area contributed by atoms with Crippen molar-refractivity contribution >= 4 is 24.0 Å². The molecule has 3 amide bonds. The van der Waals surface area contributed by atoms with Gasteiger partial charge in [-0.3, -0.25) is 14.5 Å². The van der Waals surface area contributed by atoms with Gasteiger partial charge in [-0.15, -0.1) is 0 Å². The second-order valence-corrected chi connectivity index (χ2v) is 8.74. The van der Waals surface area contributed by atoms with Gasteiger partial charge in [-0.2, -0.15) is 10.2 Å². The number of aromatic nitrogens is 3. The minimum Gasteiger partial charge on any atom is -0.483 e. The molecule has 0 saturated carbocycles. The van der Waals surface area contributed by atoms with Gasteiger partial charge in [0.1, 0.15) is 17.7 Å². The molecule has 10 nitrogen and oxygen atoms in total. The van der Waals surface area contributed by atoms with Crippen molar-refractivity contribution in [2.45, 2.75) is 25.5 Å². The Morgan fingerprint density at radius 3 is 2.51 bits per heavy atom. The molecule has 0 bridgehead atoms. The summed E-state index contributed by atoms with van der Waals surface area (Å²) in [4.78, 5) is 29.8. The Morgan fingerprint density at radius 1 is 1.08 bits per heavy atom. The topological polar surface area (TPSA) is 105 Å². The van der Waals surface area contributed by atoms with Crippen LogP contribution in [0.2, 0.25) is 0 Å². The van der Waals surface area contributed by atoms with Gasteiger partial charge in [0.2, 0.25) is 5.91 Å². The molecule has 1 saturated heterocycles. The van der Waals surface area contributed by atoms with Crippen molar-refractivity contribution in [3.63, 3.8) is 0 Å². The van der Waals surface area contributed by atoms with E-state index in [9.17, 15) is 22.8 Å². The molecule has 13 heteroatoms. The highest BCUT2D eigenvalue weighted by molar-refractivity contribution is 5.88. The Balaban J connectivity index is 1.24. The van der Waals surface area contributed by atoms with Crippen molar-refractivity contribution in [1.29, 1.82) is 0 Å². The minimum absolute atomic E-state index is 0.0447. The molecule has 0 spiro atoms. The number of carbonyl (C=O) groups is 2. The molecule has 4 heterocycles. The zero-order valence-corrected chi connectivity index (χ0v) is 19.9. The first-order chi connectivity index (χ1) is 17.7. The Bertz CT molecular complexity index is 1380. The van der Waals surface area contributed by atoms with Crippen LogP contribution in [0.25, 0.3) is 11.4 Å². The van der Waals surface area contributed by atoms with Gasteiger partial charge < -0.3 is 15.0 Å². The van der Waals surface area contributed by atoms with Crippen LogP contribution in [-0.4, -0.2) is 62.0 Å². The maximum Gasteiger partial charge on any atom is 0.341 e. The number of hydrogen-bond acceptors (Lipinski definition) is 6. The molecule has 2 aliphatic rings. The number of amides is 3. The van der Waals surface area contributed by atoms with Gasteiger partial charge in [0.15, 0.2) is 17.4 Å². The number of urea groups is 1. The van der Waals surface area contributed by atoms with E-state index in [4.69, 9.17) is 4.74 Å². The molecule has 37 heavy (non-hydrogen) atoms. The molecular formula is C24H22F3N7O3. The van der Waals surface area contributed by atoms with Crippen LogP contribution in [0.4, 0.5) is 23.8 Å². The average Bonchev–Trinajstić information content (AvgIpc) is 3.42. The summed E-state index contributed by atoms with van der Waals surface area (Å²) in [6, 6.07) is 5.08. The Morgan fingerprint density at radius 2 is 1.81 bits per heavy atom. The van der Waals surface area contributed by atoms with Crippen molar-refractivity contribution in [2.24, 2.45) is 12.1 Å². The summed E-state index contributed by atoms with van der Waals surface area (Å²) in [7, 11) is 1.66. The standard InChI is InChI=1S/C24H22F3N7O3/c1-13(35)30-23-9-21(32(2)31-23)19-8-22(18(27)10-28-19)37-17-11-33(12-17)24(36)34-20(3-4-29-34)14-5-15(25)7-16(26)6-14/h4-10,17,20H,3,11-12H2,1-2H3,(H,30,31,35)/t20-/m0/s1. The first kappa shape index (κ1) is 24.3. The highest BCUT2D eigenvalue weighted by atomic mass is 19.1. The quantitative estimate of drug-likeness (QED) is 0.563. The van der Waals surface area contributed by atoms with E-state index in [0.717, 1.165) is 12.3 Å². The van der Waals surface area contributed by atoms with Gasteiger partial charge in [0.25, 0.3) is 0 Å². The minimum atomic E-state index is -0.733. The van der Waals surface area contributed by atoms with Gasteiger partial charge in [-0.1, -0.05) is 0 Å². The number of anilines is 1. The molecule has 2 aromatic heterocycles. The van der Waals surface area contributed by atoms with E-state index in [-0.39, 0.29) is 24.7 Å². The zero-order chi connectivity index (χ0) is 26.3. The second kappa shape index (κ2) is 9.56. The van der Waals surface area contributed by atoms with E-state index >= 15 is 0 Å². The summed E-state index contributed by atoms with van der Waals surface area (Å²) in [5.41, 5.74) is 1.22. The molecule has 2 aliphatic heterocycles. The molecule has 3 aromatic rings. The van der Waals surface area contributed by atoms with Crippen LogP contribution in [-0.2, 0) is 11.8 Å². The number of rotatable bonds is 5. The molecule has 1 atom stereocenters. The maximum atomic E-state index is 14.5. The smallest absolute Gasteiger partial charge is 0.341 e. The Hall–Kier alpha value is -4.42. The van der Waals surface area contributed by atoms with Gasteiger partial charge in [-0.05, 0) is 17.7 Å². The summed E-state index contributed by atoms with van der Waals surface area (Å²) < 4.78 is 49.1. The number of carbonyl (C=O) groups excluding carboxylic acids is 2. The van der Waals surface area contributed by atoms with Crippen LogP contribution in [0.3, 0.4) is 0 Å². The fourth-order valence-electron chi connectivity index (χ4n) is 4.24. The predicted molar refractivity (Wildman–Crippen MR) is 126 cm³/mol. The van der Waals surface area contributed by atoms with Crippen molar-refractivity contribution in [3.05, 3.63) is 59.5 Å². The summed E-state index contributed by atoms with van der Waals surface area (Å²) >= 11 is 0. The molecular weight excluding hydrogens is 491 g/mol. The van der Waals surface area contributed by atoms with Gasteiger partial charge in [0, 0.05) is 44.8 Å². The van der Waals surface area contributed by atoms with Crippen LogP contribution in [0, 0.1) is 17.5 Å². The number of hydrogen-bond donors (Lipinski definition) is 1. The van der Waals surface area contributed by atoms with Gasteiger partial charge in [0.05, 0.1) is 36.7 Å². The lowest BCUT2D eigenvalue weighted by molar-refractivity contribution is -0.114. The van der Waals surface area contributed by atoms with Gasteiger partial charge >= 0.3 is 6.03 Å². The fraction of sp³-hybridized carbons (Fsp3) is 0.292. The average molecular weight is 513 g/mol. The van der Waals surface area contributed by atoms with E-state index in [1.54, 1.807) is 13.1 Å². The highest BCUT2D eigenvalue weighted by Crippen LogP contribution is 2.32. The number of nitrogens with one attached hydrogen (secondary N) is 1. The molecule has 5 rings (SSSR count). The number of aryl methyl sites for hydroxylation is 1. The summed E-state index contributed by atoms with van der Waals surface area (Å²) in [5.74, 6) is -2.13. The van der Waals surface area contributed by atoms with Crippen LogP contribution in [0.1, 0.15) is 24.9 Å². The number of ether oxygens (including phenoxy) is 1. The Labute approximate surface area is 209 Å². The number of pyridine rings is 1. The SMILES string of the molecule is CC(=O)Nc1cc(-c2cc(OC3CN(C(=O)N4N=CC[C@H]4c4cc(F)cc(F)c4)C3)c(F)cn2)n(C)n1.